The molecule has 0 aliphatic carbocycles. The molecule has 1 aromatic rings. The standard InChI is InChI=1S/C15H24N2OS/c1-4-16-14-9-7-6-8-13(14)15(18)17-12(3)10-11-19-5-2/h6-9,12,16H,4-5,10-11H2,1-3H3,(H,17,18). The molecule has 2 N–H and O–H groups in total. The minimum atomic E-state index is 0.00514. The molecular formula is C15H24N2OS. The highest BCUT2D eigenvalue weighted by Crippen LogP contribution is 2.15. The van der Waals surface area contributed by atoms with Crippen LogP contribution in [0, 0.1) is 0 Å². The molecule has 1 atom stereocenters. The van der Waals surface area contributed by atoms with Gasteiger partial charge in [-0.1, -0.05) is 19.1 Å². The zero-order valence-electron chi connectivity index (χ0n) is 12.0. The second-order valence-corrected chi connectivity index (χ2v) is 5.83. The fraction of sp³-hybridized carbons (Fsp3) is 0.533. The third-order valence-corrected chi connectivity index (χ3v) is 3.75. The van der Waals surface area contributed by atoms with E-state index in [1.165, 1.54) is 0 Å². The van der Waals surface area contributed by atoms with Crippen LogP contribution in [0.5, 0.6) is 0 Å². The summed E-state index contributed by atoms with van der Waals surface area (Å²) < 4.78 is 0. The van der Waals surface area contributed by atoms with Gasteiger partial charge in [-0.05, 0) is 43.9 Å². The van der Waals surface area contributed by atoms with Crippen LogP contribution in [-0.2, 0) is 0 Å². The van der Waals surface area contributed by atoms with Crippen LogP contribution < -0.4 is 10.6 Å². The predicted molar refractivity (Wildman–Crippen MR) is 85.1 cm³/mol. The molecule has 1 unspecified atom stereocenters. The van der Waals surface area contributed by atoms with Crippen molar-refractivity contribution < 1.29 is 4.79 Å². The molecule has 0 fully saturated rings. The molecule has 1 aromatic carbocycles. The highest BCUT2D eigenvalue weighted by molar-refractivity contribution is 7.99. The smallest absolute Gasteiger partial charge is 0.253 e. The van der Waals surface area contributed by atoms with Crippen LogP contribution in [0.2, 0.25) is 0 Å². The number of anilines is 1. The summed E-state index contributed by atoms with van der Waals surface area (Å²) in [5.74, 6) is 2.22. The van der Waals surface area contributed by atoms with Crippen molar-refractivity contribution in [2.45, 2.75) is 33.2 Å². The topological polar surface area (TPSA) is 41.1 Å². The maximum absolute atomic E-state index is 12.2. The fourth-order valence-electron chi connectivity index (χ4n) is 1.80. The average molecular weight is 280 g/mol. The SMILES string of the molecule is CCNc1ccccc1C(=O)NC(C)CCSCC. The molecule has 0 saturated carbocycles. The maximum Gasteiger partial charge on any atom is 0.253 e. The molecule has 4 heteroatoms. The van der Waals surface area contributed by atoms with Gasteiger partial charge in [-0.25, -0.2) is 0 Å². The van der Waals surface area contributed by atoms with Crippen LogP contribution in [0.1, 0.15) is 37.6 Å². The number of hydrogen-bond donors (Lipinski definition) is 2. The predicted octanol–water partition coefficient (Wildman–Crippen LogP) is 3.38. The van der Waals surface area contributed by atoms with Gasteiger partial charge >= 0.3 is 0 Å². The lowest BCUT2D eigenvalue weighted by molar-refractivity contribution is 0.0940. The average Bonchev–Trinajstić information content (AvgIpc) is 2.40. The largest absolute Gasteiger partial charge is 0.385 e. The quantitative estimate of drug-likeness (QED) is 0.717. The number of carbonyl (C=O) groups excluding carboxylic acids is 1. The number of para-hydroxylation sites is 1. The van der Waals surface area contributed by atoms with E-state index in [2.05, 4.69) is 24.5 Å². The van der Waals surface area contributed by atoms with Gasteiger partial charge in [0, 0.05) is 18.3 Å². The Hall–Kier alpha value is -1.16. The van der Waals surface area contributed by atoms with E-state index in [0.717, 1.165) is 35.7 Å². The zero-order valence-corrected chi connectivity index (χ0v) is 12.8. The summed E-state index contributed by atoms with van der Waals surface area (Å²) in [5.41, 5.74) is 1.62. The van der Waals surface area contributed by atoms with E-state index in [1.54, 1.807) is 0 Å². The molecule has 106 valence electrons. The van der Waals surface area contributed by atoms with Crippen molar-refractivity contribution in [3.8, 4) is 0 Å². The third-order valence-electron chi connectivity index (χ3n) is 2.82. The number of nitrogens with one attached hydrogen (secondary N) is 2. The summed E-state index contributed by atoms with van der Waals surface area (Å²) in [4.78, 5) is 12.2. The molecule has 0 aromatic heterocycles. The molecule has 0 heterocycles. The Morgan fingerprint density at radius 3 is 2.74 bits per heavy atom. The highest BCUT2D eigenvalue weighted by Gasteiger charge is 2.12. The van der Waals surface area contributed by atoms with Crippen LogP contribution >= 0.6 is 11.8 Å². The van der Waals surface area contributed by atoms with E-state index in [1.807, 2.05) is 43.0 Å². The number of amides is 1. The Kier molecular flexibility index (Phi) is 7.41. The Labute approximate surface area is 120 Å². The Bertz CT molecular complexity index is 395. The van der Waals surface area contributed by atoms with Gasteiger partial charge in [0.15, 0.2) is 0 Å². The second kappa shape index (κ2) is 8.86. The van der Waals surface area contributed by atoms with E-state index in [4.69, 9.17) is 0 Å². The molecule has 0 spiro atoms. The van der Waals surface area contributed by atoms with Gasteiger partial charge in [-0.2, -0.15) is 11.8 Å². The van der Waals surface area contributed by atoms with Gasteiger partial charge in [0.2, 0.25) is 0 Å². The number of carbonyl (C=O) groups is 1. The minimum absolute atomic E-state index is 0.00514. The lowest BCUT2D eigenvalue weighted by atomic mass is 10.1. The summed E-state index contributed by atoms with van der Waals surface area (Å²) >= 11 is 1.91. The molecular weight excluding hydrogens is 256 g/mol. The van der Waals surface area contributed by atoms with Gasteiger partial charge in [-0.15, -0.1) is 0 Å². The second-order valence-electron chi connectivity index (χ2n) is 4.44. The van der Waals surface area contributed by atoms with E-state index >= 15 is 0 Å². The minimum Gasteiger partial charge on any atom is -0.385 e. The van der Waals surface area contributed by atoms with Gasteiger partial charge in [0.1, 0.15) is 0 Å². The molecule has 0 saturated heterocycles. The number of rotatable bonds is 8. The first-order valence-corrected chi connectivity index (χ1v) is 8.06. The fourth-order valence-corrected chi connectivity index (χ4v) is 2.61. The van der Waals surface area contributed by atoms with Gasteiger partial charge in [-0.3, -0.25) is 4.79 Å². The lowest BCUT2D eigenvalue weighted by Gasteiger charge is -2.15. The molecule has 3 nitrogen and oxygen atoms in total. The summed E-state index contributed by atoms with van der Waals surface area (Å²) in [6.07, 6.45) is 1.01. The molecule has 0 aliphatic rings. The van der Waals surface area contributed by atoms with Crippen LogP contribution in [0.15, 0.2) is 24.3 Å². The highest BCUT2D eigenvalue weighted by atomic mass is 32.2. The van der Waals surface area contributed by atoms with Crippen molar-refractivity contribution in [1.29, 1.82) is 0 Å². The lowest BCUT2D eigenvalue weighted by Crippen LogP contribution is -2.33. The van der Waals surface area contributed by atoms with Crippen LogP contribution in [0.25, 0.3) is 0 Å². The summed E-state index contributed by atoms with van der Waals surface area (Å²) in [5, 5.41) is 6.28. The Balaban J connectivity index is 2.57. The van der Waals surface area contributed by atoms with Crippen molar-refractivity contribution in [2.75, 3.05) is 23.4 Å². The zero-order chi connectivity index (χ0) is 14.1. The molecule has 1 rings (SSSR count). The summed E-state index contributed by atoms with van der Waals surface area (Å²) in [6, 6.07) is 7.85. The van der Waals surface area contributed by atoms with Crippen molar-refractivity contribution in [3.63, 3.8) is 0 Å². The molecule has 1 amide bonds. The maximum atomic E-state index is 12.2. The number of thioether (sulfide) groups is 1. The number of hydrogen-bond acceptors (Lipinski definition) is 3. The van der Waals surface area contributed by atoms with Gasteiger partial charge < -0.3 is 10.6 Å². The van der Waals surface area contributed by atoms with E-state index < -0.39 is 0 Å². The van der Waals surface area contributed by atoms with Crippen molar-refractivity contribution >= 4 is 23.4 Å². The molecule has 19 heavy (non-hydrogen) atoms. The van der Waals surface area contributed by atoms with E-state index in [0.29, 0.717) is 0 Å². The Morgan fingerprint density at radius 1 is 1.32 bits per heavy atom. The van der Waals surface area contributed by atoms with Crippen LogP contribution in [0.3, 0.4) is 0 Å². The Morgan fingerprint density at radius 2 is 2.05 bits per heavy atom. The monoisotopic (exact) mass is 280 g/mol. The normalized spacial score (nSPS) is 11.9. The van der Waals surface area contributed by atoms with E-state index in [-0.39, 0.29) is 11.9 Å². The summed E-state index contributed by atoms with van der Waals surface area (Å²) in [6.45, 7) is 7.05. The first-order valence-electron chi connectivity index (χ1n) is 6.90. The molecule has 0 radical (unpaired) electrons. The molecule has 0 bridgehead atoms. The van der Waals surface area contributed by atoms with Crippen molar-refractivity contribution in [1.82, 2.24) is 5.32 Å². The van der Waals surface area contributed by atoms with Gasteiger partial charge in [0.05, 0.1) is 5.56 Å². The third kappa shape index (κ3) is 5.55. The first-order chi connectivity index (χ1) is 9.19. The van der Waals surface area contributed by atoms with Gasteiger partial charge in [0.25, 0.3) is 5.91 Å². The first kappa shape index (κ1) is 15.9. The number of benzene rings is 1. The molecule has 0 aliphatic heterocycles. The van der Waals surface area contributed by atoms with E-state index in [9.17, 15) is 4.79 Å². The van der Waals surface area contributed by atoms with Crippen LogP contribution in [-0.4, -0.2) is 30.0 Å². The van der Waals surface area contributed by atoms with Crippen LogP contribution in [0.4, 0.5) is 5.69 Å². The summed E-state index contributed by atoms with van der Waals surface area (Å²) in [7, 11) is 0. The van der Waals surface area contributed by atoms with Crippen molar-refractivity contribution in [2.24, 2.45) is 0 Å². The van der Waals surface area contributed by atoms with Crippen molar-refractivity contribution in [3.05, 3.63) is 29.8 Å².